The van der Waals surface area contributed by atoms with Crippen LogP contribution in [0.4, 0.5) is 8.78 Å². The van der Waals surface area contributed by atoms with Gasteiger partial charge in [-0.05, 0) is 11.5 Å². The highest BCUT2D eigenvalue weighted by Crippen LogP contribution is 2.26. The molecule has 0 fully saturated rings. The van der Waals surface area contributed by atoms with Gasteiger partial charge in [-0.1, -0.05) is 4.49 Å². The summed E-state index contributed by atoms with van der Waals surface area (Å²) in [4.78, 5) is 15.0. The number of rotatable bonds is 4. The summed E-state index contributed by atoms with van der Waals surface area (Å²) in [5.41, 5.74) is 0.989. The zero-order valence-electron chi connectivity index (χ0n) is 10.5. The normalized spacial score (nSPS) is 11.1. The molecule has 3 aromatic rings. The Balaban J connectivity index is 2.20. The lowest BCUT2D eigenvalue weighted by Gasteiger charge is -2.05. The fourth-order valence-electron chi connectivity index (χ4n) is 2.01. The third-order valence-corrected chi connectivity index (χ3v) is 3.43. The smallest absolute Gasteiger partial charge is 0.305 e. The molecule has 0 radical (unpaired) electrons. The molecule has 0 spiro atoms. The molecule has 0 amide bonds. The minimum absolute atomic E-state index is 0.0732. The fourth-order valence-corrected chi connectivity index (χ4v) is 2.45. The highest BCUT2D eigenvalue weighted by molar-refractivity contribution is 7.03. The van der Waals surface area contributed by atoms with Gasteiger partial charge in [0.05, 0.1) is 17.5 Å². The number of nitrogens with zero attached hydrogens (tertiary/aromatic N) is 4. The summed E-state index contributed by atoms with van der Waals surface area (Å²) >= 11 is 1.10. The highest BCUT2D eigenvalue weighted by atomic mass is 32.1. The van der Waals surface area contributed by atoms with E-state index >= 15 is 0 Å². The van der Waals surface area contributed by atoms with Gasteiger partial charge in [0, 0.05) is 24.1 Å². The predicted octanol–water partition coefficient (Wildman–Crippen LogP) is 2.31. The summed E-state index contributed by atoms with van der Waals surface area (Å²) in [5, 5.41) is 14.3. The number of carboxylic acid groups (broad SMARTS) is 1. The number of hydrogen-bond acceptors (Lipinski definition) is 5. The molecule has 1 N–H and O–H groups in total. The topological polar surface area (TPSA) is 80.9 Å². The van der Waals surface area contributed by atoms with Gasteiger partial charge in [0.15, 0.2) is 17.5 Å². The minimum Gasteiger partial charge on any atom is -0.481 e. The molecule has 0 saturated heterocycles. The Morgan fingerprint density at radius 3 is 2.76 bits per heavy atom. The molecule has 0 bridgehead atoms. The first-order chi connectivity index (χ1) is 10.1. The summed E-state index contributed by atoms with van der Waals surface area (Å²) in [6.07, 6.45) is -0.172. The molecule has 21 heavy (non-hydrogen) atoms. The van der Waals surface area contributed by atoms with E-state index in [1.165, 1.54) is 4.57 Å². The van der Waals surface area contributed by atoms with Gasteiger partial charge in [-0.3, -0.25) is 4.79 Å². The number of fused-ring (bicyclic) bond motifs is 1. The van der Waals surface area contributed by atoms with Gasteiger partial charge in [-0.2, -0.15) is 0 Å². The zero-order chi connectivity index (χ0) is 15.0. The Morgan fingerprint density at radius 2 is 2.10 bits per heavy atom. The molecule has 0 aliphatic rings. The SMILES string of the molecule is O=C(O)CCn1c(-c2csnn2)nc2cc(F)c(F)cc21. The molecule has 2 heterocycles. The number of benzene rings is 1. The van der Waals surface area contributed by atoms with E-state index in [-0.39, 0.29) is 18.5 Å². The van der Waals surface area contributed by atoms with E-state index in [2.05, 4.69) is 14.6 Å². The van der Waals surface area contributed by atoms with Crippen LogP contribution in [0.5, 0.6) is 0 Å². The van der Waals surface area contributed by atoms with Gasteiger partial charge < -0.3 is 9.67 Å². The summed E-state index contributed by atoms with van der Waals surface area (Å²) < 4.78 is 31.9. The summed E-state index contributed by atoms with van der Waals surface area (Å²) in [6.45, 7) is 0.0732. The molecule has 0 saturated carbocycles. The average Bonchev–Trinajstić information content (AvgIpc) is 3.04. The van der Waals surface area contributed by atoms with Crippen LogP contribution in [0, 0.1) is 11.6 Å². The number of aromatic nitrogens is 4. The molecule has 9 heteroatoms. The van der Waals surface area contributed by atoms with Crippen LogP contribution in [-0.4, -0.2) is 30.2 Å². The van der Waals surface area contributed by atoms with Gasteiger partial charge in [0.25, 0.3) is 0 Å². The number of carbonyl (C=O) groups is 1. The van der Waals surface area contributed by atoms with Crippen molar-refractivity contribution in [2.75, 3.05) is 0 Å². The molecular weight excluding hydrogens is 302 g/mol. The maximum absolute atomic E-state index is 13.4. The van der Waals surface area contributed by atoms with E-state index in [9.17, 15) is 13.6 Å². The predicted molar refractivity (Wildman–Crippen MR) is 70.8 cm³/mol. The minimum atomic E-state index is -1.01. The van der Waals surface area contributed by atoms with E-state index in [0.29, 0.717) is 17.0 Å². The van der Waals surface area contributed by atoms with Crippen LogP contribution in [-0.2, 0) is 11.3 Å². The number of carboxylic acids is 1. The molecule has 108 valence electrons. The zero-order valence-corrected chi connectivity index (χ0v) is 11.3. The first kappa shape index (κ1) is 13.6. The van der Waals surface area contributed by atoms with Crippen LogP contribution in [0.1, 0.15) is 6.42 Å². The summed E-state index contributed by atoms with van der Waals surface area (Å²) in [7, 11) is 0. The van der Waals surface area contributed by atoms with Gasteiger partial charge in [0.1, 0.15) is 5.69 Å². The monoisotopic (exact) mass is 310 g/mol. The molecule has 2 aromatic heterocycles. The van der Waals surface area contributed by atoms with Crippen LogP contribution in [0.3, 0.4) is 0 Å². The number of hydrogen-bond donors (Lipinski definition) is 1. The second-order valence-electron chi connectivity index (χ2n) is 4.28. The van der Waals surface area contributed by atoms with Crippen molar-refractivity contribution < 1.29 is 18.7 Å². The second-order valence-corrected chi connectivity index (χ2v) is 4.89. The van der Waals surface area contributed by atoms with Crippen molar-refractivity contribution in [1.82, 2.24) is 19.1 Å². The lowest BCUT2D eigenvalue weighted by atomic mass is 10.3. The van der Waals surface area contributed by atoms with Crippen molar-refractivity contribution in [2.45, 2.75) is 13.0 Å². The summed E-state index contributed by atoms with van der Waals surface area (Å²) in [5.74, 6) is -2.68. The molecule has 3 rings (SSSR count). The van der Waals surface area contributed by atoms with E-state index in [4.69, 9.17) is 5.11 Å². The number of aliphatic carboxylic acids is 1. The lowest BCUT2D eigenvalue weighted by molar-refractivity contribution is -0.137. The number of halogens is 2. The Bertz CT molecular complexity index is 816. The van der Waals surface area contributed by atoms with E-state index in [1.807, 2.05) is 0 Å². The van der Waals surface area contributed by atoms with Crippen molar-refractivity contribution in [3.63, 3.8) is 0 Å². The second kappa shape index (κ2) is 5.17. The Kier molecular flexibility index (Phi) is 3.34. The Morgan fingerprint density at radius 1 is 1.33 bits per heavy atom. The van der Waals surface area contributed by atoms with Crippen LogP contribution in [0.2, 0.25) is 0 Å². The highest BCUT2D eigenvalue weighted by Gasteiger charge is 2.17. The van der Waals surface area contributed by atoms with Crippen molar-refractivity contribution in [3.05, 3.63) is 29.1 Å². The molecular formula is C12H8F2N4O2S. The fraction of sp³-hybridized carbons (Fsp3) is 0.167. The molecule has 0 unspecified atom stereocenters. The van der Waals surface area contributed by atoms with E-state index in [1.54, 1.807) is 5.38 Å². The van der Waals surface area contributed by atoms with Gasteiger partial charge >= 0.3 is 5.97 Å². The molecule has 1 aromatic carbocycles. The van der Waals surface area contributed by atoms with Gasteiger partial charge in [-0.25, -0.2) is 13.8 Å². The van der Waals surface area contributed by atoms with Crippen molar-refractivity contribution in [1.29, 1.82) is 0 Å². The third-order valence-electron chi connectivity index (χ3n) is 2.93. The first-order valence-electron chi connectivity index (χ1n) is 5.91. The molecule has 0 atom stereocenters. The largest absolute Gasteiger partial charge is 0.481 e. The molecule has 6 nitrogen and oxygen atoms in total. The van der Waals surface area contributed by atoms with Crippen LogP contribution >= 0.6 is 11.5 Å². The quantitative estimate of drug-likeness (QED) is 0.799. The standard InChI is InChI=1S/C12H8F2N4O2S/c13-6-3-8-10(4-7(6)14)18(2-1-11(19)20)12(15-8)9-5-21-17-16-9/h3-5H,1-2H2,(H,19,20). The Labute approximate surface area is 120 Å². The maximum Gasteiger partial charge on any atom is 0.305 e. The number of aryl methyl sites for hydroxylation is 1. The van der Waals surface area contributed by atoms with E-state index < -0.39 is 17.6 Å². The van der Waals surface area contributed by atoms with Crippen LogP contribution in [0.25, 0.3) is 22.6 Å². The van der Waals surface area contributed by atoms with Crippen molar-refractivity contribution >= 4 is 28.5 Å². The van der Waals surface area contributed by atoms with Gasteiger partial charge in [0.2, 0.25) is 0 Å². The maximum atomic E-state index is 13.4. The molecule has 0 aliphatic heterocycles. The van der Waals surface area contributed by atoms with Gasteiger partial charge in [-0.15, -0.1) is 5.10 Å². The van der Waals surface area contributed by atoms with Crippen molar-refractivity contribution in [3.8, 4) is 11.5 Å². The van der Waals surface area contributed by atoms with Crippen LogP contribution < -0.4 is 0 Å². The number of imidazole rings is 1. The van der Waals surface area contributed by atoms with E-state index in [0.717, 1.165) is 23.7 Å². The van der Waals surface area contributed by atoms with Crippen LogP contribution in [0.15, 0.2) is 17.5 Å². The Hall–Kier alpha value is -2.42. The van der Waals surface area contributed by atoms with Crippen molar-refractivity contribution in [2.24, 2.45) is 0 Å². The third kappa shape index (κ3) is 2.47. The average molecular weight is 310 g/mol. The lowest BCUT2D eigenvalue weighted by Crippen LogP contribution is -2.06. The first-order valence-corrected chi connectivity index (χ1v) is 6.74. The molecule has 0 aliphatic carbocycles. The summed E-state index contributed by atoms with van der Waals surface area (Å²) in [6, 6.07) is 1.98.